The number of benzene rings is 1. The molecule has 0 aliphatic heterocycles. The minimum absolute atomic E-state index is 0.185. The zero-order valence-corrected chi connectivity index (χ0v) is 11.9. The van der Waals surface area contributed by atoms with Crippen molar-refractivity contribution in [2.45, 2.75) is 25.7 Å². The van der Waals surface area contributed by atoms with Crippen LogP contribution in [-0.4, -0.2) is 19.0 Å². The van der Waals surface area contributed by atoms with Gasteiger partial charge in [-0.15, -0.1) is 0 Å². The van der Waals surface area contributed by atoms with Crippen LogP contribution in [0.25, 0.3) is 0 Å². The van der Waals surface area contributed by atoms with Crippen LogP contribution in [0.4, 0.5) is 4.39 Å². The summed E-state index contributed by atoms with van der Waals surface area (Å²) in [5.74, 6) is 5.36. The summed E-state index contributed by atoms with van der Waals surface area (Å²) in [6.07, 6.45) is 5.00. The third kappa shape index (κ3) is 3.08. The molecule has 1 aromatic carbocycles. The highest BCUT2D eigenvalue weighted by Gasteiger charge is 2.53. The van der Waals surface area contributed by atoms with Crippen LogP contribution in [-0.2, 0) is 0 Å². The van der Waals surface area contributed by atoms with Crippen molar-refractivity contribution in [1.82, 2.24) is 5.32 Å². The van der Waals surface area contributed by atoms with E-state index in [0.717, 1.165) is 5.92 Å². The molecule has 2 saturated carbocycles. The third-order valence-electron chi connectivity index (χ3n) is 4.49. The molecule has 0 unspecified atom stereocenters. The maximum atomic E-state index is 13.8. The van der Waals surface area contributed by atoms with E-state index in [4.69, 9.17) is 5.73 Å². The second-order valence-corrected chi connectivity index (χ2v) is 6.02. The molecule has 0 radical (unpaired) electrons. The topological polar surface area (TPSA) is 55.1 Å². The third-order valence-corrected chi connectivity index (χ3v) is 4.49. The molecule has 0 bridgehead atoms. The van der Waals surface area contributed by atoms with E-state index in [2.05, 4.69) is 17.2 Å². The molecular formula is C17H19FN2O. The van der Waals surface area contributed by atoms with E-state index in [1.54, 1.807) is 6.07 Å². The van der Waals surface area contributed by atoms with E-state index in [0.29, 0.717) is 17.5 Å². The van der Waals surface area contributed by atoms with Crippen molar-refractivity contribution in [2.24, 2.45) is 17.1 Å². The minimum atomic E-state index is -0.480. The van der Waals surface area contributed by atoms with Crippen molar-refractivity contribution < 1.29 is 9.18 Å². The molecule has 0 atom stereocenters. The van der Waals surface area contributed by atoms with Crippen LogP contribution < -0.4 is 11.1 Å². The number of amides is 1. The molecular weight excluding hydrogens is 267 g/mol. The largest absolute Gasteiger partial charge is 0.351 e. The number of carbonyl (C=O) groups is 1. The van der Waals surface area contributed by atoms with Crippen molar-refractivity contribution in [1.29, 1.82) is 0 Å². The number of nitrogens with one attached hydrogen (secondary N) is 1. The average Bonchev–Trinajstić information content (AvgIpc) is 3.36. The molecule has 2 aliphatic rings. The SMILES string of the molecule is NCC#Cc1ccc(C(=O)NCC2(C3CC3)CC2)cc1F. The number of halogens is 1. The van der Waals surface area contributed by atoms with Gasteiger partial charge < -0.3 is 11.1 Å². The summed E-state index contributed by atoms with van der Waals surface area (Å²) >= 11 is 0. The number of hydrogen-bond donors (Lipinski definition) is 2. The predicted molar refractivity (Wildman–Crippen MR) is 79.1 cm³/mol. The summed E-state index contributed by atoms with van der Waals surface area (Å²) in [7, 11) is 0. The number of nitrogens with two attached hydrogens (primary N) is 1. The Morgan fingerprint density at radius 1 is 1.43 bits per heavy atom. The van der Waals surface area contributed by atoms with E-state index < -0.39 is 5.82 Å². The highest BCUT2D eigenvalue weighted by atomic mass is 19.1. The zero-order chi connectivity index (χ0) is 14.9. The first-order chi connectivity index (χ1) is 10.1. The van der Waals surface area contributed by atoms with Gasteiger partial charge in [-0.1, -0.05) is 11.8 Å². The molecule has 2 aliphatic carbocycles. The van der Waals surface area contributed by atoms with Crippen LogP contribution in [0.5, 0.6) is 0 Å². The van der Waals surface area contributed by atoms with Gasteiger partial charge in [0.1, 0.15) is 5.82 Å². The molecule has 1 aromatic rings. The first kappa shape index (κ1) is 14.1. The molecule has 0 saturated heterocycles. The van der Waals surface area contributed by atoms with Gasteiger partial charge in [0.05, 0.1) is 12.1 Å². The summed E-state index contributed by atoms with van der Waals surface area (Å²) in [5.41, 5.74) is 6.22. The number of rotatable bonds is 4. The van der Waals surface area contributed by atoms with Gasteiger partial charge in [-0.05, 0) is 55.2 Å². The lowest BCUT2D eigenvalue weighted by atomic mass is 10.0. The number of carbonyl (C=O) groups excluding carboxylic acids is 1. The molecule has 3 rings (SSSR count). The van der Waals surface area contributed by atoms with E-state index >= 15 is 0 Å². The summed E-state index contributed by atoms with van der Waals surface area (Å²) < 4.78 is 13.8. The quantitative estimate of drug-likeness (QED) is 0.832. The van der Waals surface area contributed by atoms with E-state index in [-0.39, 0.29) is 18.0 Å². The summed E-state index contributed by atoms with van der Waals surface area (Å²) in [4.78, 5) is 12.1. The molecule has 0 heterocycles. The average molecular weight is 286 g/mol. The van der Waals surface area contributed by atoms with Crippen LogP contribution in [0, 0.1) is 29.0 Å². The Bertz CT molecular complexity index is 621. The Kier molecular flexibility index (Phi) is 3.69. The zero-order valence-electron chi connectivity index (χ0n) is 11.9. The summed E-state index contributed by atoms with van der Waals surface area (Å²) in [6, 6.07) is 4.38. The van der Waals surface area contributed by atoms with Crippen molar-refractivity contribution in [3.8, 4) is 11.8 Å². The second-order valence-electron chi connectivity index (χ2n) is 6.02. The smallest absolute Gasteiger partial charge is 0.251 e. The van der Waals surface area contributed by atoms with Crippen molar-refractivity contribution >= 4 is 5.91 Å². The van der Waals surface area contributed by atoms with Crippen LogP contribution in [0.3, 0.4) is 0 Å². The second kappa shape index (κ2) is 5.50. The molecule has 3 N–H and O–H groups in total. The Hall–Kier alpha value is -1.86. The van der Waals surface area contributed by atoms with Gasteiger partial charge in [0.15, 0.2) is 0 Å². The molecule has 0 spiro atoms. The lowest BCUT2D eigenvalue weighted by Gasteiger charge is -2.15. The lowest BCUT2D eigenvalue weighted by Crippen LogP contribution is -2.31. The maximum absolute atomic E-state index is 13.8. The van der Waals surface area contributed by atoms with Gasteiger partial charge in [0, 0.05) is 12.1 Å². The Morgan fingerprint density at radius 3 is 2.76 bits per heavy atom. The molecule has 4 heteroatoms. The Morgan fingerprint density at radius 2 is 2.19 bits per heavy atom. The van der Waals surface area contributed by atoms with E-state index in [9.17, 15) is 9.18 Å². The highest BCUT2D eigenvalue weighted by molar-refractivity contribution is 5.94. The standard InChI is InChI=1S/C17H19FN2O/c18-15-10-13(4-3-12(15)2-1-9-19)16(21)20-11-17(7-8-17)14-5-6-14/h3-4,10,14H,5-9,11,19H2,(H,20,21). The van der Waals surface area contributed by atoms with Crippen LogP contribution >= 0.6 is 0 Å². The Labute approximate surface area is 124 Å². The fraction of sp³-hybridized carbons (Fsp3) is 0.471. The van der Waals surface area contributed by atoms with Crippen molar-refractivity contribution in [3.63, 3.8) is 0 Å². The minimum Gasteiger partial charge on any atom is -0.351 e. The van der Waals surface area contributed by atoms with Gasteiger partial charge in [-0.3, -0.25) is 4.79 Å². The van der Waals surface area contributed by atoms with Gasteiger partial charge in [-0.25, -0.2) is 4.39 Å². The molecule has 2 fully saturated rings. The molecule has 21 heavy (non-hydrogen) atoms. The van der Waals surface area contributed by atoms with Crippen molar-refractivity contribution in [3.05, 3.63) is 35.1 Å². The van der Waals surface area contributed by atoms with Crippen LogP contribution in [0.15, 0.2) is 18.2 Å². The summed E-state index contributed by atoms with van der Waals surface area (Å²) in [5, 5.41) is 2.95. The van der Waals surface area contributed by atoms with E-state index in [1.165, 1.54) is 37.8 Å². The van der Waals surface area contributed by atoms with E-state index in [1.807, 2.05) is 0 Å². The molecule has 0 aromatic heterocycles. The number of hydrogen-bond acceptors (Lipinski definition) is 2. The molecule has 3 nitrogen and oxygen atoms in total. The fourth-order valence-corrected chi connectivity index (χ4v) is 2.85. The van der Waals surface area contributed by atoms with Gasteiger partial charge in [-0.2, -0.15) is 0 Å². The van der Waals surface area contributed by atoms with Gasteiger partial charge in [0.25, 0.3) is 5.91 Å². The van der Waals surface area contributed by atoms with Crippen LogP contribution in [0.1, 0.15) is 41.6 Å². The Balaban J connectivity index is 1.63. The normalized spacial score (nSPS) is 18.6. The van der Waals surface area contributed by atoms with Crippen LogP contribution in [0.2, 0.25) is 0 Å². The van der Waals surface area contributed by atoms with Crippen molar-refractivity contribution in [2.75, 3.05) is 13.1 Å². The fourth-order valence-electron chi connectivity index (χ4n) is 2.85. The molecule has 110 valence electrons. The lowest BCUT2D eigenvalue weighted by molar-refractivity contribution is 0.0942. The first-order valence-electron chi connectivity index (χ1n) is 7.41. The maximum Gasteiger partial charge on any atom is 0.251 e. The highest BCUT2D eigenvalue weighted by Crippen LogP contribution is 2.60. The first-order valence-corrected chi connectivity index (χ1v) is 7.41. The van der Waals surface area contributed by atoms with Gasteiger partial charge in [0.2, 0.25) is 0 Å². The monoisotopic (exact) mass is 286 g/mol. The summed E-state index contributed by atoms with van der Waals surface area (Å²) in [6.45, 7) is 0.901. The van der Waals surface area contributed by atoms with Gasteiger partial charge >= 0.3 is 0 Å². The molecule has 1 amide bonds. The predicted octanol–water partition coefficient (Wildman–Crippen LogP) is 2.06.